The highest BCUT2D eigenvalue weighted by atomic mass is 16.3. The van der Waals surface area contributed by atoms with E-state index < -0.39 is 0 Å². The van der Waals surface area contributed by atoms with Crippen LogP contribution in [-0.2, 0) is 0 Å². The van der Waals surface area contributed by atoms with Gasteiger partial charge in [0.15, 0.2) is 0 Å². The van der Waals surface area contributed by atoms with Gasteiger partial charge in [-0.3, -0.25) is 0 Å². The van der Waals surface area contributed by atoms with E-state index in [0.717, 1.165) is 25.0 Å². The average molecular weight is 198 g/mol. The molecule has 0 amide bonds. The summed E-state index contributed by atoms with van der Waals surface area (Å²) >= 11 is 0. The van der Waals surface area contributed by atoms with Crippen LogP contribution >= 0.6 is 0 Å². The standard InChI is InChI=1S/C11H22N2O/c14-7-5-12-8-10-2-1-6-13(9-10)11-3-4-11/h10-12,14H,1-9H2. The SMILES string of the molecule is OCCNCC1CCCN(C2CC2)C1. The molecule has 3 nitrogen and oxygen atoms in total. The van der Waals surface area contributed by atoms with Crippen LogP contribution in [0.15, 0.2) is 0 Å². The second kappa shape index (κ2) is 5.10. The number of hydrogen-bond donors (Lipinski definition) is 2. The third kappa shape index (κ3) is 2.94. The Morgan fingerprint density at radius 1 is 1.29 bits per heavy atom. The molecule has 3 heteroatoms. The summed E-state index contributed by atoms with van der Waals surface area (Å²) in [5.74, 6) is 0.816. The van der Waals surface area contributed by atoms with Crippen LogP contribution in [0, 0.1) is 5.92 Å². The molecular weight excluding hydrogens is 176 g/mol. The number of rotatable bonds is 5. The summed E-state index contributed by atoms with van der Waals surface area (Å²) in [6.07, 6.45) is 5.58. The van der Waals surface area contributed by atoms with Gasteiger partial charge in [0, 0.05) is 19.1 Å². The summed E-state index contributed by atoms with van der Waals surface area (Å²) in [6, 6.07) is 0.927. The minimum Gasteiger partial charge on any atom is -0.395 e. The molecule has 1 saturated heterocycles. The maximum absolute atomic E-state index is 8.67. The largest absolute Gasteiger partial charge is 0.395 e. The van der Waals surface area contributed by atoms with Gasteiger partial charge in [-0.15, -0.1) is 0 Å². The van der Waals surface area contributed by atoms with Gasteiger partial charge in [-0.2, -0.15) is 0 Å². The Hall–Kier alpha value is -0.120. The first kappa shape index (κ1) is 10.4. The lowest BCUT2D eigenvalue weighted by Gasteiger charge is -2.32. The summed E-state index contributed by atoms with van der Waals surface area (Å²) < 4.78 is 0. The van der Waals surface area contributed by atoms with E-state index in [2.05, 4.69) is 10.2 Å². The molecule has 2 fully saturated rings. The van der Waals surface area contributed by atoms with Gasteiger partial charge in [-0.05, 0) is 44.7 Å². The van der Waals surface area contributed by atoms with Crippen LogP contribution in [0.4, 0.5) is 0 Å². The Balaban J connectivity index is 1.65. The molecule has 1 heterocycles. The maximum Gasteiger partial charge on any atom is 0.0555 e. The van der Waals surface area contributed by atoms with Gasteiger partial charge in [-0.25, -0.2) is 0 Å². The first-order chi connectivity index (χ1) is 6.90. The number of aliphatic hydroxyl groups is 1. The molecule has 0 aromatic rings. The number of aliphatic hydroxyl groups excluding tert-OH is 1. The smallest absolute Gasteiger partial charge is 0.0555 e. The Labute approximate surface area is 86.5 Å². The third-order valence-electron chi connectivity index (χ3n) is 3.34. The van der Waals surface area contributed by atoms with E-state index in [0.29, 0.717) is 0 Å². The van der Waals surface area contributed by atoms with Crippen LogP contribution in [0.3, 0.4) is 0 Å². The number of nitrogens with zero attached hydrogens (tertiary/aromatic N) is 1. The fraction of sp³-hybridized carbons (Fsp3) is 1.00. The Kier molecular flexibility index (Phi) is 3.79. The minimum absolute atomic E-state index is 0.263. The lowest BCUT2D eigenvalue weighted by molar-refractivity contribution is 0.162. The zero-order chi connectivity index (χ0) is 9.80. The highest BCUT2D eigenvalue weighted by Crippen LogP contribution is 2.30. The van der Waals surface area contributed by atoms with Crippen molar-refractivity contribution in [3.05, 3.63) is 0 Å². The van der Waals surface area contributed by atoms with Crippen LogP contribution in [-0.4, -0.2) is 48.8 Å². The zero-order valence-electron chi connectivity index (χ0n) is 8.91. The minimum atomic E-state index is 0.263. The van der Waals surface area contributed by atoms with Crippen molar-refractivity contribution >= 4 is 0 Å². The van der Waals surface area contributed by atoms with Crippen molar-refractivity contribution in [1.29, 1.82) is 0 Å². The van der Waals surface area contributed by atoms with E-state index in [1.54, 1.807) is 0 Å². The van der Waals surface area contributed by atoms with E-state index in [1.807, 2.05) is 0 Å². The zero-order valence-corrected chi connectivity index (χ0v) is 8.91. The van der Waals surface area contributed by atoms with Crippen LogP contribution < -0.4 is 5.32 Å². The predicted octanol–water partition coefficient (Wildman–Crippen LogP) is 0.443. The molecule has 82 valence electrons. The number of hydrogen-bond acceptors (Lipinski definition) is 3. The van der Waals surface area contributed by atoms with Gasteiger partial charge in [0.05, 0.1) is 6.61 Å². The van der Waals surface area contributed by atoms with Crippen LogP contribution in [0.1, 0.15) is 25.7 Å². The van der Waals surface area contributed by atoms with Crippen LogP contribution in [0.5, 0.6) is 0 Å². The molecule has 0 bridgehead atoms. The quantitative estimate of drug-likeness (QED) is 0.629. The molecular formula is C11H22N2O. The van der Waals surface area contributed by atoms with E-state index >= 15 is 0 Å². The molecule has 1 aliphatic carbocycles. The third-order valence-corrected chi connectivity index (χ3v) is 3.34. The first-order valence-corrected chi connectivity index (χ1v) is 5.96. The van der Waals surface area contributed by atoms with Crippen molar-refractivity contribution in [2.24, 2.45) is 5.92 Å². The van der Waals surface area contributed by atoms with Crippen LogP contribution in [0.2, 0.25) is 0 Å². The van der Waals surface area contributed by atoms with Crippen molar-refractivity contribution in [2.75, 3.05) is 32.8 Å². The molecule has 1 saturated carbocycles. The van der Waals surface area contributed by atoms with E-state index in [-0.39, 0.29) is 6.61 Å². The summed E-state index contributed by atoms with van der Waals surface area (Å²) in [7, 11) is 0. The van der Waals surface area contributed by atoms with Crippen molar-refractivity contribution in [2.45, 2.75) is 31.7 Å². The molecule has 0 aromatic heterocycles. The lowest BCUT2D eigenvalue weighted by atomic mass is 9.98. The van der Waals surface area contributed by atoms with Crippen molar-refractivity contribution in [3.63, 3.8) is 0 Å². The summed E-state index contributed by atoms with van der Waals surface area (Å²) in [4.78, 5) is 2.66. The van der Waals surface area contributed by atoms with E-state index in [1.165, 1.54) is 38.8 Å². The molecule has 0 spiro atoms. The maximum atomic E-state index is 8.67. The summed E-state index contributed by atoms with van der Waals surface area (Å²) in [5, 5.41) is 12.0. The highest BCUT2D eigenvalue weighted by molar-refractivity contribution is 4.88. The van der Waals surface area contributed by atoms with Crippen LogP contribution in [0.25, 0.3) is 0 Å². The number of likely N-dealkylation sites (tertiary alicyclic amines) is 1. The second-order valence-electron chi connectivity index (χ2n) is 4.66. The topological polar surface area (TPSA) is 35.5 Å². The molecule has 14 heavy (non-hydrogen) atoms. The van der Waals surface area contributed by atoms with Gasteiger partial charge >= 0.3 is 0 Å². The average Bonchev–Trinajstić information content (AvgIpc) is 3.02. The van der Waals surface area contributed by atoms with Gasteiger partial charge in [0.1, 0.15) is 0 Å². The fourth-order valence-corrected chi connectivity index (χ4v) is 2.42. The highest BCUT2D eigenvalue weighted by Gasteiger charge is 2.32. The second-order valence-corrected chi connectivity index (χ2v) is 4.66. The molecule has 2 rings (SSSR count). The molecule has 1 unspecified atom stereocenters. The first-order valence-electron chi connectivity index (χ1n) is 5.96. The molecule has 1 aliphatic heterocycles. The van der Waals surface area contributed by atoms with E-state index in [9.17, 15) is 0 Å². The van der Waals surface area contributed by atoms with Crippen molar-refractivity contribution in [1.82, 2.24) is 10.2 Å². The molecule has 0 radical (unpaired) electrons. The van der Waals surface area contributed by atoms with Gasteiger partial charge < -0.3 is 15.3 Å². The predicted molar refractivity (Wildman–Crippen MR) is 57.3 cm³/mol. The van der Waals surface area contributed by atoms with Crippen molar-refractivity contribution < 1.29 is 5.11 Å². The molecule has 2 aliphatic rings. The summed E-state index contributed by atoms with van der Waals surface area (Å²) in [6.45, 7) is 4.70. The van der Waals surface area contributed by atoms with Gasteiger partial charge in [0.25, 0.3) is 0 Å². The Bertz CT molecular complexity index is 171. The number of nitrogens with one attached hydrogen (secondary N) is 1. The van der Waals surface area contributed by atoms with Crippen molar-refractivity contribution in [3.8, 4) is 0 Å². The number of piperidine rings is 1. The lowest BCUT2D eigenvalue weighted by Crippen LogP contribution is -2.41. The Morgan fingerprint density at radius 3 is 2.86 bits per heavy atom. The summed E-state index contributed by atoms with van der Waals surface area (Å²) in [5.41, 5.74) is 0. The molecule has 0 aromatic carbocycles. The Morgan fingerprint density at radius 2 is 2.14 bits per heavy atom. The normalized spacial score (nSPS) is 29.4. The van der Waals surface area contributed by atoms with Gasteiger partial charge in [0.2, 0.25) is 0 Å². The fourth-order valence-electron chi connectivity index (χ4n) is 2.42. The van der Waals surface area contributed by atoms with E-state index in [4.69, 9.17) is 5.11 Å². The molecule has 2 N–H and O–H groups in total. The van der Waals surface area contributed by atoms with Gasteiger partial charge in [-0.1, -0.05) is 0 Å². The monoisotopic (exact) mass is 198 g/mol. The molecule has 1 atom stereocenters.